The molecule has 1 saturated heterocycles. The zero-order valence-electron chi connectivity index (χ0n) is 17.8. The standard InChI is InChI=1S/C23H29FN4O.2ClH/c1-2-27-11-13-28(14-12-27)22-8-7-18(15-20(22)24)23(29)26-16-21-19-6-4-3-5-17(19)9-10-25-21;;/h3-8,15,21,25H,2,9-14,16H2,1H3,(H,26,29);2*1H. The van der Waals surface area contributed by atoms with Gasteiger partial charge in [-0.3, -0.25) is 4.79 Å². The quantitative estimate of drug-likeness (QED) is 0.705. The molecule has 1 unspecified atom stereocenters. The highest BCUT2D eigenvalue weighted by atomic mass is 35.5. The van der Waals surface area contributed by atoms with Crippen molar-refractivity contribution < 1.29 is 9.18 Å². The summed E-state index contributed by atoms with van der Waals surface area (Å²) in [6.07, 6.45) is 1.000. The molecular formula is C23H31Cl2FN4O. The first-order valence-electron chi connectivity index (χ1n) is 10.5. The molecular weight excluding hydrogens is 438 g/mol. The van der Waals surface area contributed by atoms with Crippen LogP contribution in [0, 0.1) is 5.82 Å². The lowest BCUT2D eigenvalue weighted by molar-refractivity contribution is 0.0948. The number of fused-ring (bicyclic) bond motifs is 1. The van der Waals surface area contributed by atoms with Gasteiger partial charge in [-0.1, -0.05) is 31.2 Å². The summed E-state index contributed by atoms with van der Waals surface area (Å²) in [6, 6.07) is 13.2. The first-order valence-corrected chi connectivity index (χ1v) is 10.5. The maximum atomic E-state index is 14.7. The number of benzene rings is 2. The summed E-state index contributed by atoms with van der Waals surface area (Å²) in [6.45, 7) is 8.04. The molecule has 2 N–H and O–H groups in total. The van der Waals surface area contributed by atoms with E-state index in [0.29, 0.717) is 17.8 Å². The molecule has 1 fully saturated rings. The molecule has 0 aliphatic carbocycles. The van der Waals surface area contributed by atoms with Gasteiger partial charge in [0.25, 0.3) is 5.91 Å². The van der Waals surface area contributed by atoms with E-state index in [1.807, 2.05) is 12.1 Å². The van der Waals surface area contributed by atoms with Crippen LogP contribution in [-0.4, -0.2) is 56.6 Å². The number of carbonyl (C=O) groups is 1. The number of nitrogens with one attached hydrogen (secondary N) is 2. The molecule has 0 spiro atoms. The molecule has 5 nitrogen and oxygen atoms in total. The van der Waals surface area contributed by atoms with Crippen LogP contribution in [0.15, 0.2) is 42.5 Å². The molecule has 1 amide bonds. The van der Waals surface area contributed by atoms with Crippen molar-refractivity contribution in [3.8, 4) is 0 Å². The van der Waals surface area contributed by atoms with Gasteiger partial charge in [-0.25, -0.2) is 4.39 Å². The molecule has 2 aliphatic rings. The van der Waals surface area contributed by atoms with Crippen molar-refractivity contribution in [2.45, 2.75) is 19.4 Å². The number of hydrogen-bond donors (Lipinski definition) is 2. The SMILES string of the molecule is CCN1CCN(c2ccc(C(=O)NCC3NCCc4ccccc43)cc2F)CC1.Cl.Cl. The van der Waals surface area contributed by atoms with Crippen LogP contribution in [0.25, 0.3) is 0 Å². The number of carbonyl (C=O) groups excluding carboxylic acids is 1. The minimum absolute atomic E-state index is 0. The van der Waals surface area contributed by atoms with Gasteiger partial charge in [-0.15, -0.1) is 24.8 Å². The number of rotatable bonds is 5. The minimum Gasteiger partial charge on any atom is -0.367 e. The Morgan fingerprint density at radius 1 is 1.13 bits per heavy atom. The number of halogens is 3. The number of amides is 1. The second kappa shape index (κ2) is 11.7. The lowest BCUT2D eigenvalue weighted by Crippen LogP contribution is -2.46. The Hall–Kier alpha value is -1.86. The molecule has 0 radical (unpaired) electrons. The van der Waals surface area contributed by atoms with E-state index in [0.717, 1.165) is 45.7 Å². The Bertz CT molecular complexity index is 874. The maximum Gasteiger partial charge on any atom is 0.251 e. The Labute approximate surface area is 196 Å². The van der Waals surface area contributed by atoms with Gasteiger partial charge in [0.1, 0.15) is 5.82 Å². The normalized spacial score (nSPS) is 18.4. The van der Waals surface area contributed by atoms with Crippen LogP contribution >= 0.6 is 24.8 Å². The highest BCUT2D eigenvalue weighted by Crippen LogP contribution is 2.23. The molecule has 0 bridgehead atoms. The average molecular weight is 469 g/mol. The van der Waals surface area contributed by atoms with E-state index in [1.165, 1.54) is 17.2 Å². The monoisotopic (exact) mass is 468 g/mol. The molecule has 2 heterocycles. The zero-order chi connectivity index (χ0) is 20.2. The third-order valence-electron chi connectivity index (χ3n) is 6.05. The van der Waals surface area contributed by atoms with Crippen LogP contribution in [0.5, 0.6) is 0 Å². The summed E-state index contributed by atoms with van der Waals surface area (Å²) in [4.78, 5) is 17.0. The van der Waals surface area contributed by atoms with Gasteiger partial charge in [0.2, 0.25) is 0 Å². The topological polar surface area (TPSA) is 47.6 Å². The van der Waals surface area contributed by atoms with Gasteiger partial charge in [0.15, 0.2) is 0 Å². The second-order valence-corrected chi connectivity index (χ2v) is 7.75. The van der Waals surface area contributed by atoms with Crippen LogP contribution in [0.3, 0.4) is 0 Å². The Balaban J connectivity index is 0.00000171. The number of piperazine rings is 1. The van der Waals surface area contributed by atoms with Crippen molar-refractivity contribution in [1.82, 2.24) is 15.5 Å². The van der Waals surface area contributed by atoms with E-state index < -0.39 is 0 Å². The first-order chi connectivity index (χ1) is 14.2. The van der Waals surface area contributed by atoms with Gasteiger partial charge < -0.3 is 20.4 Å². The van der Waals surface area contributed by atoms with Crippen LogP contribution in [0.2, 0.25) is 0 Å². The molecule has 2 aromatic rings. The van der Waals surface area contributed by atoms with Gasteiger partial charge >= 0.3 is 0 Å². The minimum atomic E-state index is -0.330. The largest absolute Gasteiger partial charge is 0.367 e. The molecule has 31 heavy (non-hydrogen) atoms. The zero-order valence-corrected chi connectivity index (χ0v) is 19.4. The fraction of sp³-hybridized carbons (Fsp3) is 0.435. The smallest absolute Gasteiger partial charge is 0.251 e. The lowest BCUT2D eigenvalue weighted by atomic mass is 9.94. The van der Waals surface area contributed by atoms with E-state index in [1.54, 1.807) is 12.1 Å². The van der Waals surface area contributed by atoms with E-state index in [2.05, 4.69) is 39.5 Å². The van der Waals surface area contributed by atoms with Crippen molar-refractivity contribution in [2.24, 2.45) is 0 Å². The second-order valence-electron chi connectivity index (χ2n) is 7.75. The predicted molar refractivity (Wildman–Crippen MR) is 128 cm³/mol. The predicted octanol–water partition coefficient (Wildman–Crippen LogP) is 3.43. The molecule has 170 valence electrons. The number of hydrogen-bond acceptors (Lipinski definition) is 4. The summed E-state index contributed by atoms with van der Waals surface area (Å²) in [7, 11) is 0. The summed E-state index contributed by atoms with van der Waals surface area (Å²) in [5.41, 5.74) is 3.50. The Morgan fingerprint density at radius 2 is 1.87 bits per heavy atom. The van der Waals surface area contributed by atoms with E-state index in [9.17, 15) is 9.18 Å². The molecule has 0 aromatic heterocycles. The van der Waals surface area contributed by atoms with Crippen LogP contribution in [0.1, 0.15) is 34.5 Å². The molecule has 4 rings (SSSR count). The fourth-order valence-electron chi connectivity index (χ4n) is 4.28. The van der Waals surface area contributed by atoms with Gasteiger partial charge in [0, 0.05) is 44.3 Å². The average Bonchev–Trinajstić information content (AvgIpc) is 2.77. The summed E-state index contributed by atoms with van der Waals surface area (Å²) in [5, 5.41) is 6.42. The summed E-state index contributed by atoms with van der Waals surface area (Å²) < 4.78 is 14.7. The summed E-state index contributed by atoms with van der Waals surface area (Å²) >= 11 is 0. The van der Waals surface area contributed by atoms with Crippen molar-refractivity contribution in [3.05, 3.63) is 65.0 Å². The van der Waals surface area contributed by atoms with Crippen molar-refractivity contribution >= 4 is 36.4 Å². The van der Waals surface area contributed by atoms with E-state index >= 15 is 0 Å². The molecule has 2 aliphatic heterocycles. The molecule has 1 atom stereocenters. The number of anilines is 1. The highest BCUT2D eigenvalue weighted by Gasteiger charge is 2.22. The van der Waals surface area contributed by atoms with Crippen LogP contribution in [0.4, 0.5) is 10.1 Å². The van der Waals surface area contributed by atoms with E-state index in [-0.39, 0.29) is 42.6 Å². The van der Waals surface area contributed by atoms with Crippen molar-refractivity contribution in [1.29, 1.82) is 0 Å². The van der Waals surface area contributed by atoms with E-state index in [4.69, 9.17) is 0 Å². The highest BCUT2D eigenvalue weighted by molar-refractivity contribution is 5.94. The fourth-order valence-corrected chi connectivity index (χ4v) is 4.28. The Kier molecular flexibility index (Phi) is 9.56. The van der Waals surface area contributed by atoms with Crippen molar-refractivity contribution in [2.75, 3.05) is 50.7 Å². The molecule has 8 heteroatoms. The maximum absolute atomic E-state index is 14.7. The van der Waals surface area contributed by atoms with Crippen molar-refractivity contribution in [3.63, 3.8) is 0 Å². The third kappa shape index (κ3) is 5.89. The van der Waals surface area contributed by atoms with Crippen LogP contribution in [-0.2, 0) is 6.42 Å². The van der Waals surface area contributed by atoms with Gasteiger partial charge in [0.05, 0.1) is 5.69 Å². The third-order valence-corrected chi connectivity index (χ3v) is 6.05. The Morgan fingerprint density at radius 3 is 2.58 bits per heavy atom. The lowest BCUT2D eigenvalue weighted by Gasteiger charge is -2.35. The molecule has 2 aromatic carbocycles. The molecule has 0 saturated carbocycles. The summed E-state index contributed by atoms with van der Waals surface area (Å²) in [5.74, 6) is -0.570. The number of likely N-dealkylation sites (N-methyl/N-ethyl adjacent to an activating group) is 1. The number of nitrogens with zero attached hydrogens (tertiary/aromatic N) is 2. The first kappa shape index (κ1) is 25.4. The van der Waals surface area contributed by atoms with Crippen LogP contribution < -0.4 is 15.5 Å². The van der Waals surface area contributed by atoms with Gasteiger partial charge in [-0.05, 0) is 48.8 Å². The van der Waals surface area contributed by atoms with Gasteiger partial charge in [-0.2, -0.15) is 0 Å².